The van der Waals surface area contributed by atoms with E-state index in [1.54, 1.807) is 18.3 Å². The highest BCUT2D eigenvalue weighted by molar-refractivity contribution is 7.99. The lowest BCUT2D eigenvalue weighted by atomic mass is 10.3. The Morgan fingerprint density at radius 3 is 3.12 bits per heavy atom. The Balaban J connectivity index is 1.83. The van der Waals surface area contributed by atoms with Gasteiger partial charge in [0.1, 0.15) is 16.9 Å². The molecule has 1 N–H and O–H groups in total. The second-order valence-corrected chi connectivity index (χ2v) is 4.80. The number of aromatic amines is 1. The molecule has 0 unspecified atom stereocenters. The van der Waals surface area contributed by atoms with Crippen LogP contribution in [-0.4, -0.2) is 20.2 Å². The lowest BCUT2D eigenvalue weighted by molar-refractivity contribution is 0.931. The molecule has 17 heavy (non-hydrogen) atoms. The normalized spacial score (nSPS) is 14.5. The molecule has 3 rings (SSSR count). The third-order valence-corrected chi connectivity index (χ3v) is 3.41. The summed E-state index contributed by atoms with van der Waals surface area (Å²) in [5.74, 6) is 1.50. The van der Waals surface area contributed by atoms with Crippen molar-refractivity contribution in [2.75, 3.05) is 0 Å². The Bertz CT molecular complexity index is 582. The smallest absolute Gasteiger partial charge is 0.214 e. The van der Waals surface area contributed by atoms with Crippen molar-refractivity contribution < 1.29 is 0 Å². The minimum Gasteiger partial charge on any atom is -0.262 e. The van der Waals surface area contributed by atoms with E-state index in [1.807, 2.05) is 0 Å². The van der Waals surface area contributed by atoms with Gasteiger partial charge in [0.25, 0.3) is 0 Å². The van der Waals surface area contributed by atoms with Crippen LogP contribution in [0.4, 0.5) is 0 Å². The van der Waals surface area contributed by atoms with Crippen LogP contribution in [0.5, 0.6) is 0 Å². The first-order chi connectivity index (χ1) is 8.36. The Morgan fingerprint density at radius 1 is 1.47 bits per heavy atom. The molecule has 2 aromatic heterocycles. The molecule has 0 spiro atoms. The molecule has 0 aromatic carbocycles. The molecule has 0 amide bonds. The van der Waals surface area contributed by atoms with Gasteiger partial charge < -0.3 is 0 Å². The van der Waals surface area contributed by atoms with Crippen LogP contribution in [0.15, 0.2) is 28.5 Å². The first-order valence-corrected chi connectivity index (χ1v) is 6.14. The lowest BCUT2D eigenvalue weighted by Crippen LogP contribution is -1.86. The van der Waals surface area contributed by atoms with Crippen molar-refractivity contribution in [2.24, 2.45) is 0 Å². The Morgan fingerprint density at radius 2 is 2.35 bits per heavy atom. The van der Waals surface area contributed by atoms with Gasteiger partial charge in [0.05, 0.1) is 5.56 Å². The maximum absolute atomic E-state index is 8.95. The van der Waals surface area contributed by atoms with Gasteiger partial charge in [-0.25, -0.2) is 9.97 Å². The van der Waals surface area contributed by atoms with E-state index < -0.39 is 0 Å². The molecule has 0 bridgehead atoms. The summed E-state index contributed by atoms with van der Waals surface area (Å²) in [4.78, 5) is 8.55. The van der Waals surface area contributed by atoms with Crippen LogP contribution < -0.4 is 0 Å². The maximum atomic E-state index is 8.95. The van der Waals surface area contributed by atoms with E-state index in [1.165, 1.54) is 24.6 Å². The standard InChI is InChI=1S/C11H9N5S/c12-6-8-2-1-5-13-10(8)17-11-14-9(15-16-11)7-3-4-7/h1-2,5,7H,3-4H2,(H,14,15,16). The van der Waals surface area contributed by atoms with Gasteiger partial charge in [-0.3, -0.25) is 5.10 Å². The fourth-order valence-corrected chi connectivity index (χ4v) is 2.23. The summed E-state index contributed by atoms with van der Waals surface area (Å²) >= 11 is 1.32. The summed E-state index contributed by atoms with van der Waals surface area (Å²) in [6.07, 6.45) is 4.04. The second-order valence-electron chi connectivity index (χ2n) is 3.85. The van der Waals surface area contributed by atoms with Crippen molar-refractivity contribution >= 4 is 11.8 Å². The van der Waals surface area contributed by atoms with Gasteiger partial charge in [-0.15, -0.1) is 5.10 Å². The quantitative estimate of drug-likeness (QED) is 0.893. The Kier molecular flexibility index (Phi) is 2.53. The highest BCUT2D eigenvalue weighted by atomic mass is 32.2. The minimum atomic E-state index is 0.551. The third-order valence-electron chi connectivity index (χ3n) is 2.53. The number of H-pyrrole nitrogens is 1. The number of nitrogens with zero attached hydrogens (tertiary/aromatic N) is 4. The molecule has 6 heteroatoms. The molecule has 2 aromatic rings. The Labute approximate surface area is 102 Å². The second kappa shape index (κ2) is 4.18. The molecule has 0 atom stereocenters. The molecular formula is C11H9N5S. The summed E-state index contributed by atoms with van der Waals surface area (Å²) < 4.78 is 0. The number of aromatic nitrogens is 4. The zero-order valence-corrected chi connectivity index (χ0v) is 9.74. The summed E-state index contributed by atoms with van der Waals surface area (Å²) in [5, 5.41) is 17.3. The van der Waals surface area contributed by atoms with E-state index >= 15 is 0 Å². The van der Waals surface area contributed by atoms with Crippen LogP contribution in [0.3, 0.4) is 0 Å². The van der Waals surface area contributed by atoms with Crippen molar-refractivity contribution in [1.29, 1.82) is 5.26 Å². The van der Waals surface area contributed by atoms with E-state index in [4.69, 9.17) is 5.26 Å². The number of hydrogen-bond donors (Lipinski definition) is 1. The number of hydrogen-bond acceptors (Lipinski definition) is 5. The zero-order chi connectivity index (χ0) is 11.7. The molecule has 1 aliphatic carbocycles. The Hall–Kier alpha value is -1.87. The van der Waals surface area contributed by atoms with Crippen molar-refractivity contribution in [3.63, 3.8) is 0 Å². The minimum absolute atomic E-state index is 0.551. The van der Waals surface area contributed by atoms with E-state index in [2.05, 4.69) is 26.2 Å². The van der Waals surface area contributed by atoms with Gasteiger partial charge in [0, 0.05) is 12.1 Å². The zero-order valence-electron chi connectivity index (χ0n) is 8.92. The molecule has 0 aliphatic heterocycles. The third kappa shape index (κ3) is 2.15. The van der Waals surface area contributed by atoms with Gasteiger partial charge in [-0.1, -0.05) is 0 Å². The van der Waals surface area contributed by atoms with E-state index in [0.29, 0.717) is 21.7 Å². The van der Waals surface area contributed by atoms with E-state index in [0.717, 1.165) is 5.82 Å². The molecule has 5 nitrogen and oxygen atoms in total. The predicted octanol–water partition coefficient (Wildman–Crippen LogP) is 2.10. The van der Waals surface area contributed by atoms with Gasteiger partial charge in [-0.05, 0) is 36.7 Å². The van der Waals surface area contributed by atoms with Gasteiger partial charge >= 0.3 is 0 Å². The summed E-state index contributed by atoms with van der Waals surface area (Å²) in [6, 6.07) is 5.59. The average Bonchev–Trinajstić information content (AvgIpc) is 3.11. The molecule has 0 saturated heterocycles. The summed E-state index contributed by atoms with van der Waals surface area (Å²) in [5.41, 5.74) is 0.551. The predicted molar refractivity (Wildman–Crippen MR) is 61.4 cm³/mol. The van der Waals surface area contributed by atoms with E-state index in [9.17, 15) is 0 Å². The van der Waals surface area contributed by atoms with Crippen LogP contribution >= 0.6 is 11.8 Å². The molecule has 0 radical (unpaired) electrons. The van der Waals surface area contributed by atoms with Gasteiger partial charge in [0.2, 0.25) is 5.16 Å². The van der Waals surface area contributed by atoms with Crippen molar-refractivity contribution in [1.82, 2.24) is 20.2 Å². The number of rotatable bonds is 3. The first-order valence-electron chi connectivity index (χ1n) is 5.32. The van der Waals surface area contributed by atoms with Crippen molar-refractivity contribution in [3.05, 3.63) is 29.7 Å². The molecule has 1 aliphatic rings. The molecule has 1 saturated carbocycles. The fraction of sp³-hybridized carbons (Fsp3) is 0.273. The topological polar surface area (TPSA) is 78.2 Å². The van der Waals surface area contributed by atoms with Crippen LogP contribution in [0.25, 0.3) is 0 Å². The van der Waals surface area contributed by atoms with E-state index in [-0.39, 0.29) is 0 Å². The van der Waals surface area contributed by atoms with Gasteiger partial charge in [-0.2, -0.15) is 5.26 Å². The first kappa shape index (κ1) is 10.3. The molecule has 2 heterocycles. The lowest BCUT2D eigenvalue weighted by Gasteiger charge is -1.97. The van der Waals surface area contributed by atoms with Crippen molar-refractivity contribution in [3.8, 4) is 6.07 Å². The van der Waals surface area contributed by atoms with Crippen LogP contribution in [-0.2, 0) is 0 Å². The average molecular weight is 243 g/mol. The van der Waals surface area contributed by atoms with Gasteiger partial charge in [0.15, 0.2) is 0 Å². The summed E-state index contributed by atoms with van der Waals surface area (Å²) in [6.45, 7) is 0. The molecule has 1 fully saturated rings. The maximum Gasteiger partial charge on any atom is 0.214 e. The van der Waals surface area contributed by atoms with Crippen LogP contribution in [0.2, 0.25) is 0 Å². The van der Waals surface area contributed by atoms with Crippen LogP contribution in [0.1, 0.15) is 30.1 Å². The summed E-state index contributed by atoms with van der Waals surface area (Å²) in [7, 11) is 0. The SMILES string of the molecule is N#Cc1cccnc1Sc1n[nH]c(C2CC2)n1. The largest absolute Gasteiger partial charge is 0.262 e. The highest BCUT2D eigenvalue weighted by Crippen LogP contribution is 2.38. The fourth-order valence-electron chi connectivity index (χ4n) is 1.49. The highest BCUT2D eigenvalue weighted by Gasteiger charge is 2.27. The monoisotopic (exact) mass is 243 g/mol. The molecule has 84 valence electrons. The van der Waals surface area contributed by atoms with Crippen LogP contribution in [0, 0.1) is 11.3 Å². The number of nitrogens with one attached hydrogen (secondary N) is 1. The number of pyridine rings is 1. The van der Waals surface area contributed by atoms with Crippen molar-refractivity contribution in [2.45, 2.75) is 28.9 Å². The molecular weight excluding hydrogens is 234 g/mol. The number of nitriles is 1.